The first-order chi connectivity index (χ1) is 14.0. The molecule has 4 nitrogen and oxygen atoms in total. The standard InChI is InChI=1S/C24H42N3OP/c1-16-22(19-10-4-5-11-19)25(16)29(28,26-17(2)23(26)20-12-6-7-13-20)27-18(3)24(27)21-14-8-9-15-21/h16-24H,4-15H2,1-3H3. The Morgan fingerprint density at radius 2 is 0.759 bits per heavy atom. The molecule has 6 fully saturated rings. The molecule has 0 spiro atoms. The summed E-state index contributed by atoms with van der Waals surface area (Å²) in [4.78, 5) is 0. The highest BCUT2D eigenvalue weighted by molar-refractivity contribution is 7.57. The largest absolute Gasteiger partial charge is 0.288 e. The van der Waals surface area contributed by atoms with E-state index in [0.29, 0.717) is 36.3 Å². The lowest BCUT2D eigenvalue weighted by Gasteiger charge is -2.28. The molecule has 3 aliphatic heterocycles. The van der Waals surface area contributed by atoms with Crippen molar-refractivity contribution < 1.29 is 4.57 Å². The smallest absolute Gasteiger partial charge is 0.270 e. The van der Waals surface area contributed by atoms with E-state index in [1.807, 2.05) is 0 Å². The minimum Gasteiger partial charge on any atom is -0.270 e. The maximum absolute atomic E-state index is 15.2. The second kappa shape index (κ2) is 7.06. The Hall–Kier alpha value is 0.110. The molecular formula is C24H42N3OP. The lowest BCUT2D eigenvalue weighted by molar-refractivity contribution is 0.390. The van der Waals surface area contributed by atoms with E-state index >= 15 is 4.57 Å². The van der Waals surface area contributed by atoms with Crippen LogP contribution in [0.3, 0.4) is 0 Å². The first kappa shape index (κ1) is 19.8. The topological polar surface area (TPSA) is 26.1 Å². The molecule has 0 radical (unpaired) electrons. The lowest BCUT2D eigenvalue weighted by atomic mass is 10.0. The first-order valence-corrected chi connectivity index (χ1v) is 14.6. The second-order valence-electron chi connectivity index (χ2n) is 11.5. The van der Waals surface area contributed by atoms with Crippen molar-refractivity contribution in [1.29, 1.82) is 0 Å². The molecule has 0 aromatic heterocycles. The third-order valence-electron chi connectivity index (χ3n) is 9.93. The van der Waals surface area contributed by atoms with Crippen molar-refractivity contribution in [2.24, 2.45) is 17.8 Å². The van der Waals surface area contributed by atoms with Gasteiger partial charge in [0.2, 0.25) is 0 Å². The summed E-state index contributed by atoms with van der Waals surface area (Å²) < 4.78 is 22.9. The average Bonchev–Trinajstić information content (AvgIpc) is 3.46. The normalized spacial score (nSPS) is 52.7. The van der Waals surface area contributed by atoms with E-state index in [4.69, 9.17) is 0 Å². The van der Waals surface area contributed by atoms with E-state index in [1.165, 1.54) is 77.0 Å². The minimum atomic E-state index is -2.60. The molecular weight excluding hydrogens is 377 g/mol. The molecule has 6 aliphatic rings. The van der Waals surface area contributed by atoms with Gasteiger partial charge in [0.15, 0.2) is 0 Å². The molecule has 3 saturated carbocycles. The van der Waals surface area contributed by atoms with Crippen molar-refractivity contribution in [1.82, 2.24) is 14.0 Å². The Morgan fingerprint density at radius 3 is 1.00 bits per heavy atom. The Kier molecular flexibility index (Phi) is 4.81. The average molecular weight is 420 g/mol. The quantitative estimate of drug-likeness (QED) is 0.396. The Bertz CT molecular complexity index is 591. The van der Waals surface area contributed by atoms with E-state index in [2.05, 4.69) is 34.8 Å². The molecule has 164 valence electrons. The summed E-state index contributed by atoms with van der Waals surface area (Å²) in [6, 6.07) is 3.36. The Balaban J connectivity index is 1.30. The van der Waals surface area contributed by atoms with Crippen LogP contribution in [0.2, 0.25) is 0 Å². The van der Waals surface area contributed by atoms with Crippen LogP contribution < -0.4 is 0 Å². The van der Waals surface area contributed by atoms with Gasteiger partial charge in [0.1, 0.15) is 0 Å². The third kappa shape index (κ3) is 2.91. The minimum absolute atomic E-state index is 0.526. The molecule has 0 aromatic rings. The molecule has 0 N–H and O–H groups in total. The zero-order chi connectivity index (χ0) is 19.9. The third-order valence-corrected chi connectivity index (χ3v) is 13.6. The monoisotopic (exact) mass is 419 g/mol. The highest BCUT2D eigenvalue weighted by atomic mass is 31.2. The second-order valence-corrected chi connectivity index (χ2v) is 13.9. The molecule has 3 heterocycles. The number of rotatable bonds is 6. The van der Waals surface area contributed by atoms with Gasteiger partial charge in [-0.1, -0.05) is 38.5 Å². The van der Waals surface area contributed by atoms with Crippen LogP contribution >= 0.6 is 7.59 Å². The van der Waals surface area contributed by atoms with Crippen molar-refractivity contribution in [2.75, 3.05) is 0 Å². The predicted molar refractivity (Wildman–Crippen MR) is 119 cm³/mol. The summed E-state index contributed by atoms with van der Waals surface area (Å²) in [7, 11) is -2.60. The van der Waals surface area contributed by atoms with Gasteiger partial charge in [-0.05, 0) is 77.0 Å². The highest BCUT2D eigenvalue weighted by Gasteiger charge is 2.74. The fraction of sp³-hybridized carbons (Fsp3) is 1.00. The van der Waals surface area contributed by atoms with Gasteiger partial charge in [0, 0.05) is 36.3 Å². The van der Waals surface area contributed by atoms with E-state index in [9.17, 15) is 0 Å². The van der Waals surface area contributed by atoms with Crippen LogP contribution in [0.1, 0.15) is 97.8 Å². The van der Waals surface area contributed by atoms with Crippen LogP contribution in [0.4, 0.5) is 0 Å². The van der Waals surface area contributed by atoms with Crippen LogP contribution in [0.5, 0.6) is 0 Å². The van der Waals surface area contributed by atoms with Gasteiger partial charge in [-0.15, -0.1) is 0 Å². The van der Waals surface area contributed by atoms with Crippen LogP contribution in [0.25, 0.3) is 0 Å². The van der Waals surface area contributed by atoms with Gasteiger partial charge in [-0.3, -0.25) is 4.57 Å². The first-order valence-electron chi connectivity index (χ1n) is 13.0. The van der Waals surface area contributed by atoms with Crippen LogP contribution in [0, 0.1) is 17.8 Å². The van der Waals surface area contributed by atoms with Crippen molar-refractivity contribution >= 4 is 7.59 Å². The Morgan fingerprint density at radius 1 is 0.517 bits per heavy atom. The fourth-order valence-corrected chi connectivity index (χ4v) is 12.9. The van der Waals surface area contributed by atoms with Gasteiger partial charge >= 0.3 is 0 Å². The molecule has 29 heavy (non-hydrogen) atoms. The van der Waals surface area contributed by atoms with Gasteiger partial charge in [-0.2, -0.15) is 0 Å². The molecule has 5 heteroatoms. The van der Waals surface area contributed by atoms with Gasteiger partial charge in [0.05, 0.1) is 0 Å². The summed E-state index contributed by atoms with van der Waals surface area (Å²) >= 11 is 0. The summed E-state index contributed by atoms with van der Waals surface area (Å²) in [5.74, 6) is 2.41. The summed E-state index contributed by atoms with van der Waals surface area (Å²) in [5, 5.41) is 0. The molecule has 0 aromatic carbocycles. The number of nitrogens with zero attached hydrogens (tertiary/aromatic N) is 3. The summed E-state index contributed by atoms with van der Waals surface area (Å²) in [6.07, 6.45) is 16.6. The van der Waals surface area contributed by atoms with Crippen molar-refractivity contribution in [3.05, 3.63) is 0 Å². The lowest BCUT2D eigenvalue weighted by Crippen LogP contribution is -2.23. The molecule has 0 bridgehead atoms. The zero-order valence-corrected chi connectivity index (χ0v) is 19.8. The zero-order valence-electron chi connectivity index (χ0n) is 18.9. The molecule has 6 rings (SSSR count). The van der Waals surface area contributed by atoms with Crippen molar-refractivity contribution in [3.63, 3.8) is 0 Å². The molecule has 0 amide bonds. The molecule has 3 aliphatic carbocycles. The van der Waals surface area contributed by atoms with Crippen molar-refractivity contribution in [3.8, 4) is 0 Å². The van der Waals surface area contributed by atoms with Gasteiger partial charge < -0.3 is 0 Å². The van der Waals surface area contributed by atoms with E-state index in [0.717, 1.165) is 17.8 Å². The van der Waals surface area contributed by atoms with Crippen LogP contribution in [-0.4, -0.2) is 50.3 Å². The van der Waals surface area contributed by atoms with Crippen LogP contribution in [0.15, 0.2) is 0 Å². The van der Waals surface area contributed by atoms with Crippen molar-refractivity contribution in [2.45, 2.75) is 134 Å². The summed E-state index contributed by atoms with van der Waals surface area (Å²) in [6.45, 7) is 7.15. The number of hydrogen-bond acceptors (Lipinski definition) is 1. The van der Waals surface area contributed by atoms with E-state index in [-0.39, 0.29) is 0 Å². The molecule has 9 unspecified atom stereocenters. The Labute approximate surface area is 178 Å². The fourth-order valence-electron chi connectivity index (χ4n) is 8.39. The molecule has 9 atom stereocenters. The van der Waals surface area contributed by atoms with Crippen LogP contribution in [-0.2, 0) is 4.57 Å². The SMILES string of the molecule is CC1C(C2CCCC2)N1P(=O)(N1C(C)C1C1CCCC1)N1C(C)C1C1CCCC1. The maximum atomic E-state index is 15.2. The van der Waals surface area contributed by atoms with Gasteiger partial charge in [-0.25, -0.2) is 14.0 Å². The maximum Gasteiger partial charge on any atom is 0.288 e. The molecule has 3 saturated heterocycles. The highest BCUT2D eigenvalue weighted by Crippen LogP contribution is 2.78. The number of hydrogen-bond donors (Lipinski definition) is 0. The van der Waals surface area contributed by atoms with Gasteiger partial charge in [0.25, 0.3) is 7.59 Å². The van der Waals surface area contributed by atoms with E-state index < -0.39 is 7.59 Å². The predicted octanol–water partition coefficient (Wildman–Crippen LogP) is 5.88. The summed E-state index contributed by atoms with van der Waals surface area (Å²) in [5.41, 5.74) is 0. The van der Waals surface area contributed by atoms with E-state index in [1.54, 1.807) is 0 Å².